The SMILES string of the molecule is O=C(c1ccc[nH]c1=O)N1CCN(C(=O)C2COc3ccccc3O2)CC1. The molecule has 0 radical (unpaired) electrons. The van der Waals surface area contributed by atoms with E-state index < -0.39 is 11.7 Å². The van der Waals surface area contributed by atoms with Gasteiger partial charge in [-0.1, -0.05) is 12.1 Å². The molecular formula is C19H19N3O5. The van der Waals surface area contributed by atoms with E-state index in [0.29, 0.717) is 37.7 Å². The summed E-state index contributed by atoms with van der Waals surface area (Å²) in [5.41, 5.74) is -0.301. The van der Waals surface area contributed by atoms with Crippen LogP contribution in [0.4, 0.5) is 0 Å². The Morgan fingerprint density at radius 3 is 2.41 bits per heavy atom. The van der Waals surface area contributed by atoms with Crippen molar-refractivity contribution >= 4 is 11.8 Å². The van der Waals surface area contributed by atoms with Crippen LogP contribution in [-0.2, 0) is 4.79 Å². The third kappa shape index (κ3) is 3.38. The zero-order chi connectivity index (χ0) is 18.8. The second-order valence-electron chi connectivity index (χ2n) is 6.39. The van der Waals surface area contributed by atoms with Crippen molar-refractivity contribution < 1.29 is 19.1 Å². The van der Waals surface area contributed by atoms with Gasteiger partial charge in [0.15, 0.2) is 11.5 Å². The van der Waals surface area contributed by atoms with Crippen LogP contribution in [0.3, 0.4) is 0 Å². The number of piperazine rings is 1. The van der Waals surface area contributed by atoms with Gasteiger partial charge < -0.3 is 24.3 Å². The van der Waals surface area contributed by atoms with E-state index in [-0.39, 0.29) is 24.0 Å². The molecule has 2 aliphatic rings. The molecule has 3 heterocycles. The summed E-state index contributed by atoms with van der Waals surface area (Å²) in [5.74, 6) is 0.702. The van der Waals surface area contributed by atoms with Crippen LogP contribution in [0.25, 0.3) is 0 Å². The van der Waals surface area contributed by atoms with Crippen LogP contribution in [0.15, 0.2) is 47.4 Å². The normalized spacial score (nSPS) is 18.9. The van der Waals surface area contributed by atoms with Crippen LogP contribution in [0.1, 0.15) is 10.4 Å². The highest BCUT2D eigenvalue weighted by molar-refractivity contribution is 5.94. The lowest BCUT2D eigenvalue weighted by Gasteiger charge is -2.37. The minimum absolute atomic E-state index is 0.109. The Kier molecular flexibility index (Phi) is 4.53. The molecule has 4 rings (SSSR count). The van der Waals surface area contributed by atoms with Gasteiger partial charge in [0, 0.05) is 32.4 Å². The summed E-state index contributed by atoms with van der Waals surface area (Å²) in [6.45, 7) is 1.66. The van der Waals surface area contributed by atoms with E-state index in [1.165, 1.54) is 12.3 Å². The highest BCUT2D eigenvalue weighted by atomic mass is 16.6. The van der Waals surface area contributed by atoms with E-state index in [1.54, 1.807) is 28.0 Å². The third-order valence-electron chi connectivity index (χ3n) is 4.71. The van der Waals surface area contributed by atoms with E-state index >= 15 is 0 Å². The monoisotopic (exact) mass is 369 g/mol. The maximum absolute atomic E-state index is 12.7. The van der Waals surface area contributed by atoms with Gasteiger partial charge in [0.05, 0.1) is 0 Å². The number of H-pyrrole nitrogens is 1. The fraction of sp³-hybridized carbons (Fsp3) is 0.316. The fourth-order valence-electron chi connectivity index (χ4n) is 3.24. The Bertz CT molecular complexity index is 917. The summed E-state index contributed by atoms with van der Waals surface area (Å²) >= 11 is 0. The smallest absolute Gasteiger partial charge is 0.267 e. The number of pyridine rings is 1. The molecule has 1 aromatic heterocycles. The molecule has 0 aliphatic carbocycles. The number of ether oxygens (including phenoxy) is 2. The minimum atomic E-state index is -0.695. The molecule has 1 N–H and O–H groups in total. The van der Waals surface area contributed by atoms with E-state index in [0.717, 1.165) is 0 Å². The van der Waals surface area contributed by atoms with Crippen LogP contribution in [0, 0.1) is 0 Å². The number of hydrogen-bond donors (Lipinski definition) is 1. The van der Waals surface area contributed by atoms with Gasteiger partial charge in [0.25, 0.3) is 17.4 Å². The first-order valence-corrected chi connectivity index (χ1v) is 8.78. The molecule has 8 heteroatoms. The highest BCUT2D eigenvalue weighted by Crippen LogP contribution is 2.31. The number of benzene rings is 1. The summed E-state index contributed by atoms with van der Waals surface area (Å²) < 4.78 is 11.4. The van der Waals surface area contributed by atoms with Crippen LogP contribution < -0.4 is 15.0 Å². The quantitative estimate of drug-likeness (QED) is 0.832. The second-order valence-corrected chi connectivity index (χ2v) is 6.39. The zero-order valence-corrected chi connectivity index (χ0v) is 14.6. The number of nitrogens with zero attached hydrogens (tertiary/aromatic N) is 2. The number of nitrogens with one attached hydrogen (secondary N) is 1. The van der Waals surface area contributed by atoms with Crippen molar-refractivity contribution in [3.8, 4) is 11.5 Å². The molecule has 1 unspecified atom stereocenters. The van der Waals surface area contributed by atoms with Gasteiger partial charge in [0.1, 0.15) is 12.2 Å². The van der Waals surface area contributed by atoms with Crippen LogP contribution in [-0.4, -0.2) is 65.5 Å². The van der Waals surface area contributed by atoms with Crippen LogP contribution in [0.5, 0.6) is 11.5 Å². The summed E-state index contributed by atoms with van der Waals surface area (Å²) in [7, 11) is 0. The number of aromatic nitrogens is 1. The zero-order valence-electron chi connectivity index (χ0n) is 14.6. The first kappa shape index (κ1) is 17.1. The van der Waals surface area contributed by atoms with Gasteiger partial charge >= 0.3 is 0 Å². The van der Waals surface area contributed by atoms with Crippen molar-refractivity contribution in [2.45, 2.75) is 6.10 Å². The number of carbonyl (C=O) groups is 2. The van der Waals surface area contributed by atoms with Gasteiger partial charge in [-0.05, 0) is 24.3 Å². The lowest BCUT2D eigenvalue weighted by molar-refractivity contribution is -0.142. The van der Waals surface area contributed by atoms with E-state index in [2.05, 4.69) is 4.98 Å². The third-order valence-corrected chi connectivity index (χ3v) is 4.71. The lowest BCUT2D eigenvalue weighted by atomic mass is 10.2. The lowest BCUT2D eigenvalue weighted by Crippen LogP contribution is -2.55. The molecule has 2 aliphatic heterocycles. The largest absolute Gasteiger partial charge is 0.485 e. The second kappa shape index (κ2) is 7.14. The molecule has 8 nitrogen and oxygen atoms in total. The Morgan fingerprint density at radius 2 is 1.67 bits per heavy atom. The van der Waals surface area contributed by atoms with Crippen LogP contribution in [0.2, 0.25) is 0 Å². The van der Waals surface area contributed by atoms with E-state index in [9.17, 15) is 14.4 Å². The number of rotatable bonds is 2. The highest BCUT2D eigenvalue weighted by Gasteiger charge is 2.33. The molecular weight excluding hydrogens is 350 g/mol. The van der Waals surface area contributed by atoms with Gasteiger partial charge in [-0.3, -0.25) is 14.4 Å². The number of amides is 2. The maximum atomic E-state index is 12.7. The number of aromatic amines is 1. The van der Waals surface area contributed by atoms with Gasteiger partial charge in [-0.25, -0.2) is 0 Å². The number of carbonyl (C=O) groups excluding carboxylic acids is 2. The maximum Gasteiger partial charge on any atom is 0.267 e. The molecule has 2 aromatic rings. The van der Waals surface area contributed by atoms with Crippen molar-refractivity contribution in [2.24, 2.45) is 0 Å². The molecule has 1 atom stereocenters. The standard InChI is InChI=1S/C19H19N3O5/c23-17-13(4-3-7-20-17)18(24)21-8-10-22(11-9-21)19(25)16-12-26-14-5-1-2-6-15(14)27-16/h1-7,16H,8-12H2,(H,20,23). The molecule has 140 valence electrons. The molecule has 0 spiro atoms. The predicted molar refractivity (Wildman–Crippen MR) is 95.9 cm³/mol. The first-order chi connectivity index (χ1) is 13.1. The van der Waals surface area contributed by atoms with Crippen molar-refractivity contribution in [3.05, 3.63) is 58.5 Å². The van der Waals surface area contributed by atoms with E-state index in [1.807, 2.05) is 12.1 Å². The Balaban J connectivity index is 1.37. The molecule has 1 aromatic carbocycles. The predicted octanol–water partition coefficient (Wildman–Crippen LogP) is 0.499. The minimum Gasteiger partial charge on any atom is -0.485 e. The molecule has 1 saturated heterocycles. The van der Waals surface area contributed by atoms with Crippen molar-refractivity contribution in [1.82, 2.24) is 14.8 Å². The number of para-hydroxylation sites is 2. The fourth-order valence-corrected chi connectivity index (χ4v) is 3.24. The van der Waals surface area contributed by atoms with E-state index in [4.69, 9.17) is 9.47 Å². The molecule has 0 bridgehead atoms. The number of hydrogen-bond acceptors (Lipinski definition) is 5. The summed E-state index contributed by atoms with van der Waals surface area (Å²) in [6, 6.07) is 10.4. The topological polar surface area (TPSA) is 91.9 Å². The van der Waals surface area contributed by atoms with Crippen LogP contribution >= 0.6 is 0 Å². The molecule has 27 heavy (non-hydrogen) atoms. The van der Waals surface area contributed by atoms with Crippen molar-refractivity contribution in [2.75, 3.05) is 32.8 Å². The number of fused-ring (bicyclic) bond motifs is 1. The summed E-state index contributed by atoms with van der Waals surface area (Å²) in [5, 5.41) is 0. The Labute approximate surface area is 155 Å². The summed E-state index contributed by atoms with van der Waals surface area (Å²) in [4.78, 5) is 42.8. The van der Waals surface area contributed by atoms with Crippen molar-refractivity contribution in [1.29, 1.82) is 0 Å². The molecule has 0 saturated carbocycles. The molecule has 2 amide bonds. The average molecular weight is 369 g/mol. The summed E-state index contributed by atoms with van der Waals surface area (Å²) in [6.07, 6.45) is 0.791. The Morgan fingerprint density at radius 1 is 0.963 bits per heavy atom. The van der Waals surface area contributed by atoms with Gasteiger partial charge in [-0.15, -0.1) is 0 Å². The van der Waals surface area contributed by atoms with Crippen molar-refractivity contribution in [3.63, 3.8) is 0 Å². The average Bonchev–Trinajstić information content (AvgIpc) is 2.73. The van der Waals surface area contributed by atoms with Gasteiger partial charge in [0.2, 0.25) is 6.10 Å². The molecule has 1 fully saturated rings. The van der Waals surface area contributed by atoms with Gasteiger partial charge in [-0.2, -0.15) is 0 Å². The Hall–Kier alpha value is -3.29. The first-order valence-electron chi connectivity index (χ1n) is 8.78.